The zero-order chi connectivity index (χ0) is 17.9. The molecule has 3 aromatic rings. The van der Waals surface area contributed by atoms with Gasteiger partial charge in [-0.1, -0.05) is 16.8 Å². The first kappa shape index (κ1) is 16.6. The van der Waals surface area contributed by atoms with Gasteiger partial charge < -0.3 is 15.1 Å². The van der Waals surface area contributed by atoms with Gasteiger partial charge in [-0.3, -0.25) is 9.78 Å². The topological polar surface area (TPSA) is 79.4 Å². The van der Waals surface area contributed by atoms with Crippen LogP contribution in [-0.4, -0.2) is 34.2 Å². The van der Waals surface area contributed by atoms with E-state index >= 15 is 0 Å². The standard InChI is InChI=1S/C19H17ClN4O2/c20-14-1-2-16-15(9-14)13(11-23-16)5-8-22-19(25)18-10-17(24-26-18)12-3-6-21-7-4-12/h1-4,6-7,9,11,18,23H,5,8,10H2,(H,22,25). The number of rotatable bonds is 5. The van der Waals surface area contributed by atoms with Crippen LogP contribution < -0.4 is 5.32 Å². The van der Waals surface area contributed by atoms with E-state index < -0.39 is 6.10 Å². The molecular formula is C19H17ClN4O2. The normalized spacial score (nSPS) is 16.3. The Bertz CT molecular complexity index is 968. The average molecular weight is 369 g/mol. The first-order chi connectivity index (χ1) is 12.7. The fourth-order valence-corrected chi connectivity index (χ4v) is 3.20. The summed E-state index contributed by atoms with van der Waals surface area (Å²) in [6.45, 7) is 0.517. The van der Waals surface area contributed by atoms with Gasteiger partial charge in [0, 0.05) is 53.0 Å². The Balaban J connectivity index is 1.31. The van der Waals surface area contributed by atoms with Gasteiger partial charge in [-0.2, -0.15) is 0 Å². The van der Waals surface area contributed by atoms with E-state index in [0.29, 0.717) is 24.4 Å². The van der Waals surface area contributed by atoms with Gasteiger partial charge in [0.1, 0.15) is 0 Å². The number of nitrogens with one attached hydrogen (secondary N) is 2. The predicted molar refractivity (Wildman–Crippen MR) is 100 cm³/mol. The van der Waals surface area contributed by atoms with E-state index in [2.05, 4.69) is 20.4 Å². The number of aromatic nitrogens is 2. The van der Waals surface area contributed by atoms with Crippen LogP contribution in [0.2, 0.25) is 5.02 Å². The number of hydrogen-bond donors (Lipinski definition) is 2. The number of fused-ring (bicyclic) bond motifs is 1. The molecule has 2 aromatic heterocycles. The molecule has 7 heteroatoms. The molecule has 0 aliphatic carbocycles. The van der Waals surface area contributed by atoms with Gasteiger partial charge in [-0.05, 0) is 42.3 Å². The number of nitrogens with zero attached hydrogens (tertiary/aromatic N) is 2. The molecule has 1 atom stereocenters. The molecule has 1 aliphatic heterocycles. The maximum Gasteiger partial charge on any atom is 0.264 e. The zero-order valence-electron chi connectivity index (χ0n) is 13.9. The van der Waals surface area contributed by atoms with Crippen LogP contribution in [0.3, 0.4) is 0 Å². The van der Waals surface area contributed by atoms with Gasteiger partial charge in [0.15, 0.2) is 0 Å². The molecule has 26 heavy (non-hydrogen) atoms. The van der Waals surface area contributed by atoms with Gasteiger partial charge >= 0.3 is 0 Å². The summed E-state index contributed by atoms with van der Waals surface area (Å²) >= 11 is 6.07. The summed E-state index contributed by atoms with van der Waals surface area (Å²) in [6.07, 6.45) is 5.91. The van der Waals surface area contributed by atoms with E-state index in [-0.39, 0.29) is 5.91 Å². The minimum absolute atomic E-state index is 0.157. The number of H-pyrrole nitrogens is 1. The number of pyridine rings is 1. The minimum Gasteiger partial charge on any atom is -0.382 e. The SMILES string of the molecule is O=C(NCCc1c[nH]c2ccc(Cl)cc12)C1CC(c2ccncc2)=NO1. The van der Waals surface area contributed by atoms with Gasteiger partial charge in [-0.25, -0.2) is 0 Å². The Morgan fingerprint density at radius 1 is 1.31 bits per heavy atom. The Morgan fingerprint density at radius 3 is 3.00 bits per heavy atom. The summed E-state index contributed by atoms with van der Waals surface area (Å²) in [5.41, 5.74) is 3.83. The van der Waals surface area contributed by atoms with Crippen LogP contribution in [0.15, 0.2) is 54.1 Å². The molecule has 0 spiro atoms. The number of amides is 1. The highest BCUT2D eigenvalue weighted by atomic mass is 35.5. The molecule has 1 unspecified atom stereocenters. The average Bonchev–Trinajstić information content (AvgIpc) is 3.30. The van der Waals surface area contributed by atoms with E-state index in [4.69, 9.17) is 16.4 Å². The van der Waals surface area contributed by atoms with Crippen LogP contribution in [0.5, 0.6) is 0 Å². The van der Waals surface area contributed by atoms with Crippen LogP contribution in [0.4, 0.5) is 0 Å². The molecular weight excluding hydrogens is 352 g/mol. The van der Waals surface area contributed by atoms with E-state index in [1.54, 1.807) is 12.4 Å². The summed E-state index contributed by atoms with van der Waals surface area (Å²) in [6, 6.07) is 9.43. The van der Waals surface area contributed by atoms with Crippen molar-refractivity contribution in [1.82, 2.24) is 15.3 Å². The molecule has 4 rings (SSSR count). The van der Waals surface area contributed by atoms with Crippen molar-refractivity contribution < 1.29 is 9.63 Å². The van der Waals surface area contributed by atoms with Crippen molar-refractivity contribution in [3.8, 4) is 0 Å². The van der Waals surface area contributed by atoms with Crippen LogP contribution in [0, 0.1) is 0 Å². The Kier molecular flexibility index (Phi) is 4.58. The Hall–Kier alpha value is -2.86. The van der Waals surface area contributed by atoms with E-state index in [1.165, 1.54) is 0 Å². The second-order valence-electron chi connectivity index (χ2n) is 6.12. The quantitative estimate of drug-likeness (QED) is 0.726. The number of aromatic amines is 1. The third kappa shape index (κ3) is 3.41. The van der Waals surface area contributed by atoms with Crippen LogP contribution in [0.1, 0.15) is 17.5 Å². The molecule has 3 heterocycles. The molecule has 2 N–H and O–H groups in total. The fraction of sp³-hybridized carbons (Fsp3) is 0.211. The van der Waals surface area contributed by atoms with Crippen LogP contribution in [0.25, 0.3) is 10.9 Å². The van der Waals surface area contributed by atoms with Gasteiger partial charge in [0.2, 0.25) is 6.10 Å². The zero-order valence-corrected chi connectivity index (χ0v) is 14.7. The molecule has 6 nitrogen and oxygen atoms in total. The lowest BCUT2D eigenvalue weighted by Crippen LogP contribution is -2.35. The van der Waals surface area contributed by atoms with Crippen molar-refractivity contribution in [3.05, 3.63) is 65.1 Å². The molecule has 1 aromatic carbocycles. The summed E-state index contributed by atoms with van der Waals surface area (Å²) in [5, 5.41) is 8.72. The maximum atomic E-state index is 12.3. The van der Waals surface area contributed by atoms with Gasteiger partial charge in [-0.15, -0.1) is 0 Å². The van der Waals surface area contributed by atoms with Crippen LogP contribution in [-0.2, 0) is 16.1 Å². The second kappa shape index (κ2) is 7.17. The molecule has 0 saturated heterocycles. The highest BCUT2D eigenvalue weighted by molar-refractivity contribution is 6.31. The first-order valence-electron chi connectivity index (χ1n) is 8.37. The molecule has 1 amide bonds. The van der Waals surface area contributed by atoms with E-state index in [9.17, 15) is 4.79 Å². The van der Waals surface area contributed by atoms with Gasteiger partial charge in [0.25, 0.3) is 5.91 Å². The molecule has 0 bridgehead atoms. The largest absolute Gasteiger partial charge is 0.382 e. The fourth-order valence-electron chi connectivity index (χ4n) is 3.02. The van der Waals surface area contributed by atoms with Gasteiger partial charge in [0.05, 0.1) is 5.71 Å². The Labute approximate surface area is 155 Å². The summed E-state index contributed by atoms with van der Waals surface area (Å²) < 4.78 is 0. The lowest BCUT2D eigenvalue weighted by Gasteiger charge is -2.09. The molecule has 0 radical (unpaired) electrons. The van der Waals surface area contributed by atoms with Crippen molar-refractivity contribution in [2.24, 2.45) is 5.16 Å². The molecule has 1 aliphatic rings. The third-order valence-corrected chi connectivity index (χ3v) is 4.63. The number of halogens is 1. The second-order valence-corrected chi connectivity index (χ2v) is 6.55. The smallest absolute Gasteiger partial charge is 0.264 e. The van der Waals surface area contributed by atoms with E-state index in [0.717, 1.165) is 27.7 Å². The maximum absolute atomic E-state index is 12.3. The van der Waals surface area contributed by atoms with Crippen molar-refractivity contribution in [2.75, 3.05) is 6.54 Å². The highest BCUT2D eigenvalue weighted by Gasteiger charge is 2.28. The van der Waals surface area contributed by atoms with Crippen molar-refractivity contribution in [1.29, 1.82) is 0 Å². The minimum atomic E-state index is -0.587. The molecule has 132 valence electrons. The lowest BCUT2D eigenvalue weighted by molar-refractivity contribution is -0.131. The number of benzene rings is 1. The molecule has 0 fully saturated rings. The highest BCUT2D eigenvalue weighted by Crippen LogP contribution is 2.22. The summed E-state index contributed by atoms with van der Waals surface area (Å²) in [4.78, 5) is 24.8. The van der Waals surface area contributed by atoms with Crippen molar-refractivity contribution in [2.45, 2.75) is 18.9 Å². The summed E-state index contributed by atoms with van der Waals surface area (Å²) in [7, 11) is 0. The first-order valence-corrected chi connectivity index (χ1v) is 8.75. The number of carbonyl (C=O) groups is 1. The monoisotopic (exact) mass is 368 g/mol. The number of carbonyl (C=O) groups excluding carboxylic acids is 1. The third-order valence-electron chi connectivity index (χ3n) is 4.40. The Morgan fingerprint density at radius 2 is 2.15 bits per heavy atom. The molecule has 0 saturated carbocycles. The van der Waals surface area contributed by atoms with Crippen LogP contribution >= 0.6 is 11.6 Å². The van der Waals surface area contributed by atoms with Crippen molar-refractivity contribution in [3.63, 3.8) is 0 Å². The number of oxime groups is 1. The number of hydrogen-bond acceptors (Lipinski definition) is 4. The lowest BCUT2D eigenvalue weighted by atomic mass is 10.1. The van der Waals surface area contributed by atoms with E-state index in [1.807, 2.05) is 36.5 Å². The van der Waals surface area contributed by atoms with Crippen molar-refractivity contribution >= 4 is 34.1 Å². The summed E-state index contributed by atoms with van der Waals surface area (Å²) in [5.74, 6) is -0.157. The predicted octanol–water partition coefficient (Wildman–Crippen LogP) is 3.07.